The molecule has 1 saturated carbocycles. The van der Waals surface area contributed by atoms with Crippen LogP contribution in [0.15, 0.2) is 0 Å². The largest absolute Gasteiger partial charge is 0.329 e. The van der Waals surface area contributed by atoms with Crippen molar-refractivity contribution in [1.82, 2.24) is 5.32 Å². The number of hydrogen-bond donors (Lipinski definition) is 2. The molecule has 2 heteroatoms. The minimum Gasteiger partial charge on any atom is -0.329 e. The molecule has 1 rings (SSSR count). The Kier molecular flexibility index (Phi) is 6.32. The molecule has 114 valence electrons. The smallest absolute Gasteiger partial charge is 0.0306 e. The molecule has 0 heterocycles. The molecule has 0 aromatic carbocycles. The second kappa shape index (κ2) is 7.08. The van der Waals surface area contributed by atoms with Gasteiger partial charge in [0.05, 0.1) is 0 Å². The van der Waals surface area contributed by atoms with Gasteiger partial charge in [-0.15, -0.1) is 0 Å². The first kappa shape index (κ1) is 17.0. The van der Waals surface area contributed by atoms with Crippen molar-refractivity contribution in [3.63, 3.8) is 0 Å². The van der Waals surface area contributed by atoms with Gasteiger partial charge in [0.1, 0.15) is 0 Å². The molecule has 2 nitrogen and oxygen atoms in total. The van der Waals surface area contributed by atoms with Gasteiger partial charge in [-0.3, -0.25) is 0 Å². The summed E-state index contributed by atoms with van der Waals surface area (Å²) >= 11 is 0. The zero-order valence-electron chi connectivity index (χ0n) is 14.0. The number of nitrogens with one attached hydrogen (secondary N) is 1. The van der Waals surface area contributed by atoms with Gasteiger partial charge in [0.25, 0.3) is 0 Å². The lowest BCUT2D eigenvalue weighted by atomic mass is 9.71. The van der Waals surface area contributed by atoms with E-state index in [2.05, 4.69) is 46.9 Å². The molecule has 1 aliphatic rings. The highest BCUT2D eigenvalue weighted by atomic mass is 15.0. The Balaban J connectivity index is 2.61. The normalized spacial score (nSPS) is 32.5. The quantitative estimate of drug-likeness (QED) is 0.771. The average molecular weight is 268 g/mol. The lowest BCUT2D eigenvalue weighted by Gasteiger charge is -2.44. The maximum absolute atomic E-state index is 6.12. The summed E-state index contributed by atoms with van der Waals surface area (Å²) in [5, 5.41) is 3.87. The van der Waals surface area contributed by atoms with Gasteiger partial charge >= 0.3 is 0 Å². The Morgan fingerprint density at radius 3 is 2.11 bits per heavy atom. The van der Waals surface area contributed by atoms with Gasteiger partial charge in [0, 0.05) is 12.1 Å². The molecule has 0 aliphatic heterocycles. The summed E-state index contributed by atoms with van der Waals surface area (Å²) in [6.45, 7) is 16.0. The van der Waals surface area contributed by atoms with Crippen LogP contribution in [0.3, 0.4) is 0 Å². The van der Waals surface area contributed by atoms with Crippen molar-refractivity contribution in [2.24, 2.45) is 35.3 Å². The molecule has 19 heavy (non-hydrogen) atoms. The van der Waals surface area contributed by atoms with Crippen molar-refractivity contribution in [2.45, 2.75) is 66.3 Å². The Bertz CT molecular complexity index is 254. The van der Waals surface area contributed by atoms with E-state index in [4.69, 9.17) is 5.73 Å². The monoisotopic (exact) mass is 268 g/mol. The van der Waals surface area contributed by atoms with Gasteiger partial charge in [-0.25, -0.2) is 0 Å². The highest BCUT2D eigenvalue weighted by Crippen LogP contribution is 2.36. The van der Waals surface area contributed by atoms with E-state index in [1.54, 1.807) is 0 Å². The molecule has 3 N–H and O–H groups in total. The summed E-state index contributed by atoms with van der Waals surface area (Å²) in [4.78, 5) is 0. The molecule has 1 fully saturated rings. The van der Waals surface area contributed by atoms with E-state index < -0.39 is 0 Å². The molecule has 0 radical (unpaired) electrons. The van der Waals surface area contributed by atoms with E-state index in [-0.39, 0.29) is 5.54 Å². The minimum atomic E-state index is 0.202. The van der Waals surface area contributed by atoms with Crippen LogP contribution in [0.4, 0.5) is 0 Å². The van der Waals surface area contributed by atoms with Crippen LogP contribution in [0, 0.1) is 29.6 Å². The summed E-state index contributed by atoms with van der Waals surface area (Å²) in [5.74, 6) is 3.87. The highest BCUT2D eigenvalue weighted by molar-refractivity contribution is 4.96. The third-order valence-electron chi connectivity index (χ3n) is 5.58. The van der Waals surface area contributed by atoms with Gasteiger partial charge in [0.2, 0.25) is 0 Å². The summed E-state index contributed by atoms with van der Waals surface area (Å²) in [6.07, 6.45) is 3.81. The van der Waals surface area contributed by atoms with Crippen LogP contribution in [-0.2, 0) is 0 Å². The Morgan fingerprint density at radius 2 is 1.68 bits per heavy atom. The molecule has 1 aliphatic carbocycles. The number of rotatable bonds is 6. The topological polar surface area (TPSA) is 38.0 Å². The van der Waals surface area contributed by atoms with E-state index in [0.29, 0.717) is 0 Å². The summed E-state index contributed by atoms with van der Waals surface area (Å²) in [7, 11) is 0. The second-order valence-electron chi connectivity index (χ2n) is 7.71. The maximum atomic E-state index is 6.12. The van der Waals surface area contributed by atoms with Gasteiger partial charge in [-0.05, 0) is 55.4 Å². The van der Waals surface area contributed by atoms with Gasteiger partial charge in [-0.2, -0.15) is 0 Å². The van der Waals surface area contributed by atoms with Crippen LogP contribution in [0.25, 0.3) is 0 Å². The Labute approximate surface area is 120 Å². The number of hydrogen-bond acceptors (Lipinski definition) is 2. The predicted octanol–water partition coefficient (Wildman–Crippen LogP) is 3.66. The first-order valence-electron chi connectivity index (χ1n) is 8.26. The van der Waals surface area contributed by atoms with E-state index in [1.807, 2.05) is 0 Å². The third-order valence-corrected chi connectivity index (χ3v) is 5.58. The molecule has 0 aromatic heterocycles. The molecular weight excluding hydrogens is 232 g/mol. The first-order chi connectivity index (χ1) is 8.81. The van der Waals surface area contributed by atoms with E-state index >= 15 is 0 Å². The van der Waals surface area contributed by atoms with Crippen LogP contribution in [-0.4, -0.2) is 18.6 Å². The standard InChI is InChI=1S/C17H36N2/c1-12(2)16(13(3)4)10-19-17(11-18)8-7-14(5)15(6)9-17/h12-16,19H,7-11,18H2,1-6H3. The van der Waals surface area contributed by atoms with Crippen LogP contribution >= 0.6 is 0 Å². The van der Waals surface area contributed by atoms with E-state index in [1.165, 1.54) is 19.3 Å². The van der Waals surface area contributed by atoms with Crippen LogP contribution in [0.5, 0.6) is 0 Å². The predicted molar refractivity (Wildman–Crippen MR) is 85.1 cm³/mol. The lowest BCUT2D eigenvalue weighted by molar-refractivity contribution is 0.130. The molecule has 3 atom stereocenters. The fraction of sp³-hybridized carbons (Fsp3) is 1.00. The minimum absolute atomic E-state index is 0.202. The van der Waals surface area contributed by atoms with Crippen molar-refractivity contribution >= 4 is 0 Å². The second-order valence-corrected chi connectivity index (χ2v) is 7.71. The Morgan fingerprint density at radius 1 is 1.11 bits per heavy atom. The van der Waals surface area contributed by atoms with Gasteiger partial charge in [-0.1, -0.05) is 41.5 Å². The molecule has 3 unspecified atom stereocenters. The summed E-state index contributed by atoms with van der Waals surface area (Å²) in [6, 6.07) is 0. The molecule has 0 saturated heterocycles. The summed E-state index contributed by atoms with van der Waals surface area (Å²) in [5.41, 5.74) is 6.32. The number of nitrogens with two attached hydrogens (primary N) is 1. The van der Waals surface area contributed by atoms with Crippen LogP contribution in [0.1, 0.15) is 60.8 Å². The molecule has 0 spiro atoms. The van der Waals surface area contributed by atoms with Gasteiger partial charge < -0.3 is 11.1 Å². The van der Waals surface area contributed by atoms with Crippen molar-refractivity contribution in [2.75, 3.05) is 13.1 Å². The Hall–Kier alpha value is -0.0800. The third kappa shape index (κ3) is 4.46. The van der Waals surface area contributed by atoms with Crippen molar-refractivity contribution in [3.8, 4) is 0 Å². The molecule has 0 bridgehead atoms. The van der Waals surface area contributed by atoms with Crippen molar-refractivity contribution < 1.29 is 0 Å². The lowest BCUT2D eigenvalue weighted by Crippen LogP contribution is -2.56. The zero-order chi connectivity index (χ0) is 14.6. The summed E-state index contributed by atoms with van der Waals surface area (Å²) < 4.78 is 0. The first-order valence-corrected chi connectivity index (χ1v) is 8.26. The molecule has 0 aromatic rings. The molecule has 0 amide bonds. The maximum Gasteiger partial charge on any atom is 0.0306 e. The fourth-order valence-electron chi connectivity index (χ4n) is 3.70. The fourth-order valence-corrected chi connectivity index (χ4v) is 3.70. The van der Waals surface area contributed by atoms with Crippen molar-refractivity contribution in [3.05, 3.63) is 0 Å². The zero-order valence-corrected chi connectivity index (χ0v) is 14.0. The average Bonchev–Trinajstić information content (AvgIpc) is 2.33. The molecular formula is C17H36N2. The van der Waals surface area contributed by atoms with Gasteiger partial charge in [0.15, 0.2) is 0 Å². The van der Waals surface area contributed by atoms with Crippen LogP contribution in [0.2, 0.25) is 0 Å². The van der Waals surface area contributed by atoms with Crippen molar-refractivity contribution in [1.29, 1.82) is 0 Å². The SMILES string of the molecule is CC(C)C(CNC1(CN)CCC(C)C(C)C1)C(C)C. The van der Waals surface area contributed by atoms with E-state index in [0.717, 1.165) is 42.7 Å². The highest BCUT2D eigenvalue weighted by Gasteiger charge is 2.37. The van der Waals surface area contributed by atoms with E-state index in [9.17, 15) is 0 Å². The van der Waals surface area contributed by atoms with Crippen LogP contribution < -0.4 is 11.1 Å².